The third kappa shape index (κ3) is 11.5. The number of nitrogens with one attached hydrogen (secondary N) is 2. The number of H-pyrrole nitrogens is 2. The number of nitrogens with two attached hydrogens (primary N) is 1. The van der Waals surface area contributed by atoms with Crippen molar-refractivity contribution in [3.8, 4) is 22.9 Å². The normalized spacial score (nSPS) is 11.3. The molecule has 277 valence electrons. The van der Waals surface area contributed by atoms with Crippen LogP contribution in [0.4, 0.5) is 22.7 Å². The second-order valence-corrected chi connectivity index (χ2v) is 14.2. The summed E-state index contributed by atoms with van der Waals surface area (Å²) in [7, 11) is -7.69. The zero-order chi connectivity index (χ0) is 37.8. The molecule has 6 rings (SSSR count). The molecule has 2 heterocycles. The molecule has 0 atom stereocenters. The molecule has 4 aromatic carbocycles. The summed E-state index contributed by atoms with van der Waals surface area (Å²) in [6.45, 7) is 3.29. The smallest absolute Gasteiger partial charge is 0.871 e. The number of quaternary nitrogens is 1. The van der Waals surface area contributed by atoms with Crippen molar-refractivity contribution in [2.45, 2.75) is 23.6 Å². The molecule has 2 aromatic heterocycles. The molecule has 1 radical (unpaired) electrons. The average molecular weight is 852 g/mol. The quantitative estimate of drug-likeness (QED) is 0.0783. The molecule has 8 N–H and O–H groups in total. The van der Waals surface area contributed by atoms with Crippen LogP contribution in [0.25, 0.3) is 11.4 Å². The van der Waals surface area contributed by atoms with Crippen LogP contribution >= 0.6 is 0 Å². The monoisotopic (exact) mass is 851 g/mol. The number of rotatable bonds is 8. The number of primary sulfonamides is 1. The summed E-state index contributed by atoms with van der Waals surface area (Å²) < 4.78 is 48.4. The number of phenolic OH excluding ortho intramolecular Hbond substituents is 1. The van der Waals surface area contributed by atoms with Crippen molar-refractivity contribution in [3.63, 3.8) is 0 Å². The van der Waals surface area contributed by atoms with Gasteiger partial charge in [-0.25, -0.2) is 28.1 Å². The predicted molar refractivity (Wildman–Crippen MR) is 186 cm³/mol. The van der Waals surface area contributed by atoms with Crippen LogP contribution in [0.2, 0.25) is 0 Å². The summed E-state index contributed by atoms with van der Waals surface area (Å²) in [6, 6.07) is 24.4. The summed E-state index contributed by atoms with van der Waals surface area (Å²) >= 11 is 0. The van der Waals surface area contributed by atoms with E-state index < -0.39 is 36.9 Å². The van der Waals surface area contributed by atoms with Gasteiger partial charge in [-0.2, -0.15) is 13.5 Å². The standard InChI is InChI=1S/2C16H15N5O4S.Co.2Na/c2*1-10-15(16(23)21(20-10)11-5-3-2-4-6-11)19-18-13-9-12(26(17,24)25)7-8-14(13)22;;;/h2*2-9,20,22H,1H3,(H2,17,24,25);;;/q;;;2*+1. The fourth-order valence-corrected chi connectivity index (χ4v) is 5.67. The first-order valence-corrected chi connectivity index (χ1v) is 18.1. The number of hydrogen-bond donors (Lipinski definition) is 5. The first kappa shape index (κ1) is 47.2. The zero-order valence-electron chi connectivity index (χ0n) is 29.7. The van der Waals surface area contributed by atoms with Crippen molar-refractivity contribution in [2.75, 3.05) is 0 Å². The van der Waals surface area contributed by atoms with E-state index in [1.54, 1.807) is 62.4 Å². The first-order chi connectivity index (χ1) is 24.5. The Labute approximate surface area is 368 Å². The molecule has 0 saturated carbocycles. The molecule has 0 aliphatic rings. The Kier molecular flexibility index (Phi) is 16.9. The van der Waals surface area contributed by atoms with E-state index in [9.17, 15) is 36.6 Å². The van der Waals surface area contributed by atoms with Gasteiger partial charge < -0.3 is 10.2 Å². The summed E-state index contributed by atoms with van der Waals surface area (Å²) in [5, 5.41) is 50.8. The van der Waals surface area contributed by atoms with Gasteiger partial charge in [0.05, 0.1) is 33.3 Å². The second kappa shape index (κ2) is 19.8. The number of azo groups is 2. The molecule has 0 fully saturated rings. The molecule has 55 heavy (non-hydrogen) atoms. The first-order valence-electron chi connectivity index (χ1n) is 14.9. The van der Waals surface area contributed by atoms with Crippen LogP contribution in [0.5, 0.6) is 11.5 Å². The van der Waals surface area contributed by atoms with Crippen LogP contribution in [-0.4, -0.2) is 41.5 Å². The summed E-state index contributed by atoms with van der Waals surface area (Å²) in [6.07, 6.45) is 0. The summed E-state index contributed by atoms with van der Waals surface area (Å²) in [4.78, 5) is 24.7. The van der Waals surface area contributed by atoms with E-state index in [0.717, 1.165) is 24.3 Å². The van der Waals surface area contributed by atoms with E-state index in [1.807, 2.05) is 12.1 Å². The van der Waals surface area contributed by atoms with Gasteiger partial charge in [0, 0.05) is 16.8 Å². The van der Waals surface area contributed by atoms with Crippen molar-refractivity contribution >= 4 is 42.8 Å². The van der Waals surface area contributed by atoms with E-state index in [0.29, 0.717) is 22.8 Å². The number of para-hydroxylation sites is 2. The third-order valence-electron chi connectivity index (χ3n) is 7.19. The largest absolute Gasteiger partial charge is 1.00 e. The van der Waals surface area contributed by atoms with Gasteiger partial charge in [-0.1, -0.05) is 48.2 Å². The number of aromatic hydroxyl groups is 1. The molecular weight excluding hydrogens is 821 g/mol. The Morgan fingerprint density at radius 2 is 1.09 bits per heavy atom. The Hall–Kier alpha value is -3.97. The maximum atomic E-state index is 12.5. The van der Waals surface area contributed by atoms with Crippen molar-refractivity contribution < 1.29 is 108 Å². The fourth-order valence-electron chi connectivity index (χ4n) is 4.57. The number of aromatic nitrogens is 4. The predicted octanol–water partition coefficient (Wildman–Crippen LogP) is -2.86. The summed E-state index contributed by atoms with van der Waals surface area (Å²) in [5.41, 5.74) is 1.04. The van der Waals surface area contributed by atoms with Crippen molar-refractivity contribution in [1.29, 1.82) is 0 Å². The molecular formula is C32H30CoN10Na2O8S2+2. The van der Waals surface area contributed by atoms with Gasteiger partial charge in [0.25, 0.3) is 11.1 Å². The molecule has 23 heteroatoms. The maximum absolute atomic E-state index is 12.5. The van der Waals surface area contributed by atoms with Crippen LogP contribution in [0.3, 0.4) is 0 Å². The van der Waals surface area contributed by atoms with Gasteiger partial charge in [-0.05, 0) is 68.4 Å². The molecule has 6 aromatic rings. The molecule has 0 aliphatic carbocycles. The number of benzene rings is 4. The van der Waals surface area contributed by atoms with Gasteiger partial charge in [-0.15, -0.1) is 15.3 Å². The SMILES string of the molecule is Cc1[nH]n(-c2ccccc2)c(=O)c1N=Nc1cc(S(N)(=O)=O)ccc1[O-].Cc1[nH]n(-c2ccccc2)c(=O)c1N=Nc1cc(S([NH3+])(=O)=O)ccc1O.[Co].[Na+].[Na+]. The van der Waals surface area contributed by atoms with Gasteiger partial charge in [-0.3, -0.25) is 19.8 Å². The van der Waals surface area contributed by atoms with Crippen molar-refractivity contribution in [1.82, 2.24) is 19.6 Å². The number of sulfonamides is 2. The van der Waals surface area contributed by atoms with Gasteiger partial charge in [0.2, 0.25) is 10.0 Å². The zero-order valence-corrected chi connectivity index (χ0v) is 36.3. The van der Waals surface area contributed by atoms with Crippen LogP contribution < -0.4 is 85.6 Å². The Balaban J connectivity index is 0.000000360. The minimum atomic E-state index is -3.99. The van der Waals surface area contributed by atoms with E-state index in [2.05, 4.69) is 35.8 Å². The summed E-state index contributed by atoms with van der Waals surface area (Å²) in [5.74, 6) is -0.810. The minimum absolute atomic E-state index is 0. The van der Waals surface area contributed by atoms with E-state index in [1.165, 1.54) is 21.5 Å². The van der Waals surface area contributed by atoms with Crippen molar-refractivity contribution in [3.05, 3.63) is 129 Å². The van der Waals surface area contributed by atoms with Crippen LogP contribution in [0.1, 0.15) is 11.4 Å². The molecule has 0 unspecified atom stereocenters. The van der Waals surface area contributed by atoms with Crippen LogP contribution in [0, 0.1) is 13.8 Å². The molecule has 0 spiro atoms. The molecule has 0 bridgehead atoms. The van der Waals surface area contributed by atoms with Crippen molar-refractivity contribution in [2.24, 2.45) is 25.6 Å². The molecule has 0 aliphatic heterocycles. The average Bonchev–Trinajstić information content (AvgIpc) is 3.56. The molecule has 0 amide bonds. The Bertz CT molecular complexity index is 2500. The van der Waals surface area contributed by atoms with Gasteiger partial charge in [0.1, 0.15) is 16.3 Å². The van der Waals surface area contributed by atoms with E-state index in [-0.39, 0.29) is 114 Å². The van der Waals surface area contributed by atoms with Gasteiger partial charge in [0.15, 0.2) is 11.4 Å². The Morgan fingerprint density at radius 3 is 1.53 bits per heavy atom. The topological polar surface area (TPSA) is 290 Å². The molecule has 0 saturated heterocycles. The fraction of sp³-hybridized carbons (Fsp3) is 0.0625. The number of nitrogens with zero attached hydrogens (tertiary/aromatic N) is 6. The number of hydrogen-bond acceptors (Lipinski definition) is 12. The van der Waals surface area contributed by atoms with Crippen LogP contribution in [-0.2, 0) is 36.8 Å². The van der Waals surface area contributed by atoms with E-state index >= 15 is 0 Å². The second-order valence-electron chi connectivity index (χ2n) is 11.0. The molecule has 18 nitrogen and oxygen atoms in total. The third-order valence-corrected chi connectivity index (χ3v) is 9.07. The van der Waals surface area contributed by atoms with E-state index in [4.69, 9.17) is 5.14 Å². The Morgan fingerprint density at radius 1 is 0.673 bits per heavy atom. The number of phenols is 1. The maximum Gasteiger partial charge on any atom is 1.00 e. The van der Waals surface area contributed by atoms with Gasteiger partial charge >= 0.3 is 69.1 Å². The minimum Gasteiger partial charge on any atom is -0.871 e. The number of aromatic amines is 2. The van der Waals surface area contributed by atoms with Crippen LogP contribution in [0.15, 0.2) is 137 Å². The number of aryl methyl sites for hydroxylation is 2.